The van der Waals surface area contributed by atoms with Crippen LogP contribution in [0.4, 0.5) is 17.2 Å². The molecule has 8 nitrogen and oxygen atoms in total. The maximum Gasteiger partial charge on any atom is 0.342 e. The normalized spacial score (nSPS) is 10.1. The highest BCUT2D eigenvalue weighted by atomic mass is 16.6. The van der Waals surface area contributed by atoms with Crippen LogP contribution in [0.15, 0.2) is 36.8 Å². The van der Waals surface area contributed by atoms with Gasteiger partial charge in [-0.1, -0.05) is 0 Å². The molecule has 2 aromatic rings. The monoisotopic (exact) mass is 274 g/mol. The molecule has 0 radical (unpaired) electrons. The van der Waals surface area contributed by atoms with Crippen LogP contribution >= 0.6 is 0 Å². The van der Waals surface area contributed by atoms with Crippen LogP contribution in [0.2, 0.25) is 0 Å². The van der Waals surface area contributed by atoms with Crippen molar-refractivity contribution in [2.24, 2.45) is 0 Å². The van der Waals surface area contributed by atoms with Gasteiger partial charge in [0.25, 0.3) is 0 Å². The maximum atomic E-state index is 11.1. The van der Waals surface area contributed by atoms with Crippen LogP contribution in [0.3, 0.4) is 0 Å². The molecule has 0 aliphatic heterocycles. The predicted octanol–water partition coefficient (Wildman–Crippen LogP) is 1.85. The first-order valence-corrected chi connectivity index (χ1v) is 5.52. The van der Waals surface area contributed by atoms with E-state index < -0.39 is 22.1 Å². The molecule has 0 spiro atoms. The topological polar surface area (TPSA) is 109 Å². The highest BCUT2D eigenvalue weighted by Gasteiger charge is 2.22. The van der Waals surface area contributed by atoms with Crippen molar-refractivity contribution in [2.45, 2.75) is 0 Å². The summed E-state index contributed by atoms with van der Waals surface area (Å²) in [6.07, 6.45) is 4.11. The molecular formula is C12H10N4O4. The van der Waals surface area contributed by atoms with Gasteiger partial charge in [0, 0.05) is 19.3 Å². The summed E-state index contributed by atoms with van der Waals surface area (Å²) in [6, 6.07) is 4.64. The lowest BCUT2D eigenvalue weighted by Crippen LogP contribution is -2.13. The molecule has 0 saturated heterocycles. The van der Waals surface area contributed by atoms with Gasteiger partial charge in [0.2, 0.25) is 0 Å². The summed E-state index contributed by atoms with van der Waals surface area (Å²) in [6.45, 7) is 0. The van der Waals surface area contributed by atoms with Gasteiger partial charge >= 0.3 is 11.7 Å². The molecule has 0 fully saturated rings. The third kappa shape index (κ3) is 2.53. The number of carboxylic acid groups (broad SMARTS) is 1. The summed E-state index contributed by atoms with van der Waals surface area (Å²) in [5.41, 5.74) is -0.262. The van der Waals surface area contributed by atoms with Crippen LogP contribution in [0.25, 0.3) is 0 Å². The first kappa shape index (κ1) is 13.4. The standard InChI is InChI=1S/C12H10N4O4/c1-15(8-3-2-4-13-6-8)11-5-9(12(17)18)10(7-14-11)16(19)20/h2-7H,1H3,(H,17,18). The van der Waals surface area contributed by atoms with Gasteiger partial charge in [-0.05, 0) is 12.1 Å². The third-order valence-electron chi connectivity index (χ3n) is 2.67. The van der Waals surface area contributed by atoms with E-state index in [4.69, 9.17) is 5.11 Å². The Morgan fingerprint density at radius 3 is 2.75 bits per heavy atom. The number of pyridine rings is 2. The van der Waals surface area contributed by atoms with E-state index >= 15 is 0 Å². The molecule has 0 bridgehead atoms. The SMILES string of the molecule is CN(c1cccnc1)c1cc(C(=O)O)c([N+](=O)[O-])cn1. The zero-order valence-electron chi connectivity index (χ0n) is 10.4. The van der Waals surface area contributed by atoms with E-state index in [2.05, 4.69) is 9.97 Å². The first-order chi connectivity index (χ1) is 9.50. The van der Waals surface area contributed by atoms with Crippen LogP contribution in [-0.2, 0) is 0 Å². The van der Waals surface area contributed by atoms with Gasteiger partial charge in [-0.2, -0.15) is 0 Å². The average Bonchev–Trinajstić information content (AvgIpc) is 2.46. The van der Waals surface area contributed by atoms with Gasteiger partial charge in [0.15, 0.2) is 0 Å². The zero-order chi connectivity index (χ0) is 14.7. The van der Waals surface area contributed by atoms with Crippen LogP contribution in [0, 0.1) is 10.1 Å². The number of hydrogen-bond donors (Lipinski definition) is 1. The molecule has 0 aliphatic rings. The number of anilines is 2. The molecule has 0 unspecified atom stereocenters. The number of rotatable bonds is 4. The average molecular weight is 274 g/mol. The van der Waals surface area contributed by atoms with Crippen LogP contribution < -0.4 is 4.90 Å². The highest BCUT2D eigenvalue weighted by Crippen LogP contribution is 2.25. The van der Waals surface area contributed by atoms with Crippen molar-refractivity contribution in [1.29, 1.82) is 0 Å². The lowest BCUT2D eigenvalue weighted by Gasteiger charge is -2.17. The van der Waals surface area contributed by atoms with Crippen LogP contribution in [-0.4, -0.2) is 33.0 Å². The number of nitro groups is 1. The second-order valence-corrected chi connectivity index (χ2v) is 3.89. The van der Waals surface area contributed by atoms with Crippen molar-refractivity contribution < 1.29 is 14.8 Å². The lowest BCUT2D eigenvalue weighted by molar-refractivity contribution is -0.385. The Kier molecular flexibility index (Phi) is 3.56. The first-order valence-electron chi connectivity index (χ1n) is 5.52. The number of aromatic nitrogens is 2. The Hall–Kier alpha value is -3.03. The Labute approximate surface area is 113 Å². The minimum absolute atomic E-state index is 0.279. The van der Waals surface area contributed by atoms with E-state index in [1.54, 1.807) is 36.5 Å². The molecular weight excluding hydrogens is 264 g/mol. The fourth-order valence-electron chi connectivity index (χ4n) is 1.62. The Morgan fingerprint density at radius 2 is 2.20 bits per heavy atom. The van der Waals surface area contributed by atoms with Crippen molar-refractivity contribution in [2.75, 3.05) is 11.9 Å². The Morgan fingerprint density at radius 1 is 1.45 bits per heavy atom. The zero-order valence-corrected chi connectivity index (χ0v) is 10.4. The number of nitrogens with zero attached hydrogens (tertiary/aromatic N) is 4. The highest BCUT2D eigenvalue weighted by molar-refractivity contribution is 5.93. The van der Waals surface area contributed by atoms with Gasteiger partial charge in [-0.25, -0.2) is 9.78 Å². The molecule has 2 aromatic heterocycles. The van der Waals surface area contributed by atoms with Gasteiger partial charge in [-0.15, -0.1) is 0 Å². The van der Waals surface area contributed by atoms with E-state index in [-0.39, 0.29) is 5.82 Å². The minimum atomic E-state index is -1.38. The molecule has 102 valence electrons. The quantitative estimate of drug-likeness (QED) is 0.669. The molecule has 0 aromatic carbocycles. The number of carbonyl (C=O) groups is 1. The van der Waals surface area contributed by atoms with Gasteiger partial charge < -0.3 is 10.0 Å². The van der Waals surface area contributed by atoms with Crippen molar-refractivity contribution >= 4 is 23.2 Å². The second-order valence-electron chi connectivity index (χ2n) is 3.89. The smallest absolute Gasteiger partial charge is 0.342 e. The van der Waals surface area contributed by atoms with Crippen molar-refractivity contribution in [1.82, 2.24) is 9.97 Å². The molecule has 1 N–H and O–H groups in total. The van der Waals surface area contributed by atoms with Crippen molar-refractivity contribution in [3.8, 4) is 0 Å². The summed E-state index contributed by atoms with van der Waals surface area (Å²) in [5.74, 6) is -1.10. The summed E-state index contributed by atoms with van der Waals surface area (Å²) in [5, 5.41) is 19.8. The van der Waals surface area contributed by atoms with Crippen molar-refractivity contribution in [3.63, 3.8) is 0 Å². The summed E-state index contributed by atoms with van der Waals surface area (Å²) < 4.78 is 0. The van der Waals surface area contributed by atoms with Crippen LogP contribution in [0.5, 0.6) is 0 Å². The molecule has 0 aliphatic carbocycles. The molecule has 2 rings (SSSR count). The Balaban J connectivity index is 2.46. The van der Waals surface area contributed by atoms with E-state index in [1.165, 1.54) is 0 Å². The summed E-state index contributed by atoms with van der Waals surface area (Å²) in [4.78, 5) is 30.5. The van der Waals surface area contributed by atoms with Gasteiger partial charge in [-0.3, -0.25) is 15.1 Å². The minimum Gasteiger partial charge on any atom is -0.477 e. The number of aromatic carboxylic acids is 1. The predicted molar refractivity (Wildman–Crippen MR) is 70.2 cm³/mol. The second kappa shape index (κ2) is 5.31. The van der Waals surface area contributed by atoms with E-state index in [0.717, 1.165) is 12.3 Å². The molecule has 20 heavy (non-hydrogen) atoms. The van der Waals surface area contributed by atoms with Gasteiger partial charge in [0.1, 0.15) is 17.6 Å². The molecule has 2 heterocycles. The lowest BCUT2D eigenvalue weighted by atomic mass is 10.2. The third-order valence-corrected chi connectivity index (χ3v) is 2.67. The van der Waals surface area contributed by atoms with Crippen LogP contribution in [0.1, 0.15) is 10.4 Å². The maximum absolute atomic E-state index is 11.1. The van der Waals surface area contributed by atoms with E-state index in [1.807, 2.05) is 0 Å². The van der Waals surface area contributed by atoms with E-state index in [0.29, 0.717) is 5.69 Å². The molecule has 0 saturated carbocycles. The summed E-state index contributed by atoms with van der Waals surface area (Å²) >= 11 is 0. The molecule has 8 heteroatoms. The molecule has 0 atom stereocenters. The van der Waals surface area contributed by atoms with Crippen molar-refractivity contribution in [3.05, 3.63) is 52.5 Å². The Bertz CT molecular complexity index is 660. The van der Waals surface area contributed by atoms with E-state index in [9.17, 15) is 14.9 Å². The molecule has 0 amide bonds. The largest absolute Gasteiger partial charge is 0.477 e. The van der Waals surface area contributed by atoms with Gasteiger partial charge in [0.05, 0.1) is 16.8 Å². The number of carboxylic acids is 1. The summed E-state index contributed by atoms with van der Waals surface area (Å²) in [7, 11) is 1.66. The fourth-order valence-corrected chi connectivity index (χ4v) is 1.62. The number of hydrogen-bond acceptors (Lipinski definition) is 6. The fraction of sp³-hybridized carbons (Fsp3) is 0.0833.